The van der Waals surface area contributed by atoms with Gasteiger partial charge in [0.25, 0.3) is 11.6 Å². The number of hydrogen-bond acceptors (Lipinski definition) is 5. The first-order valence-electron chi connectivity index (χ1n) is 8.09. The molecular weight excluding hydrogens is 377 g/mol. The summed E-state index contributed by atoms with van der Waals surface area (Å²) in [6.45, 7) is 2.19. The number of benzene rings is 2. The van der Waals surface area contributed by atoms with E-state index in [9.17, 15) is 27.7 Å². The van der Waals surface area contributed by atoms with Gasteiger partial charge in [-0.15, -0.1) is 0 Å². The highest BCUT2D eigenvalue weighted by Crippen LogP contribution is 2.22. The number of unbranched alkanes of at least 4 members (excludes halogenated alkanes) is 1. The molecule has 144 valence electrons. The molecule has 2 N–H and O–H groups in total. The van der Waals surface area contributed by atoms with Gasteiger partial charge >= 0.3 is 0 Å². The number of amides is 1. The molecular formula is C17H18FN3O5S. The Balaban J connectivity index is 2.23. The van der Waals surface area contributed by atoms with E-state index >= 15 is 0 Å². The van der Waals surface area contributed by atoms with Gasteiger partial charge in [-0.25, -0.2) is 17.5 Å². The van der Waals surface area contributed by atoms with Gasteiger partial charge in [-0.1, -0.05) is 19.4 Å². The van der Waals surface area contributed by atoms with Gasteiger partial charge < -0.3 is 5.32 Å². The van der Waals surface area contributed by atoms with Crippen LogP contribution in [0.5, 0.6) is 0 Å². The number of carbonyl (C=O) groups excluding carboxylic acids is 1. The number of anilines is 1. The number of sulfonamides is 1. The molecule has 0 aliphatic heterocycles. The van der Waals surface area contributed by atoms with Gasteiger partial charge in [-0.2, -0.15) is 0 Å². The van der Waals surface area contributed by atoms with Crippen molar-refractivity contribution < 1.29 is 22.5 Å². The van der Waals surface area contributed by atoms with E-state index < -0.39 is 26.7 Å². The molecule has 2 aromatic rings. The van der Waals surface area contributed by atoms with Gasteiger partial charge in [-0.05, 0) is 30.7 Å². The van der Waals surface area contributed by atoms with Crippen LogP contribution < -0.4 is 10.0 Å². The van der Waals surface area contributed by atoms with Crippen molar-refractivity contribution in [2.45, 2.75) is 24.7 Å². The summed E-state index contributed by atoms with van der Waals surface area (Å²) >= 11 is 0. The van der Waals surface area contributed by atoms with E-state index in [4.69, 9.17) is 0 Å². The summed E-state index contributed by atoms with van der Waals surface area (Å²) in [4.78, 5) is 22.3. The van der Waals surface area contributed by atoms with Crippen LogP contribution in [0.3, 0.4) is 0 Å². The molecule has 1 amide bonds. The Labute approximate surface area is 155 Å². The number of nitrogens with one attached hydrogen (secondary N) is 2. The second kappa shape index (κ2) is 8.69. The van der Waals surface area contributed by atoms with E-state index in [1.54, 1.807) is 0 Å². The maximum atomic E-state index is 13.8. The largest absolute Gasteiger partial charge is 0.319 e. The molecule has 0 atom stereocenters. The summed E-state index contributed by atoms with van der Waals surface area (Å²) in [5.41, 5.74) is -0.786. The zero-order chi connectivity index (χ0) is 20.0. The van der Waals surface area contributed by atoms with Gasteiger partial charge in [0.2, 0.25) is 10.0 Å². The fraction of sp³-hybridized carbons (Fsp3) is 0.235. The lowest BCUT2D eigenvalue weighted by atomic mass is 10.2. The van der Waals surface area contributed by atoms with Crippen LogP contribution in [0.1, 0.15) is 30.1 Å². The minimum absolute atomic E-state index is 0.0285. The second-order valence-corrected chi connectivity index (χ2v) is 7.42. The normalized spacial score (nSPS) is 11.2. The highest BCUT2D eigenvalue weighted by atomic mass is 32.2. The monoisotopic (exact) mass is 395 g/mol. The van der Waals surface area contributed by atoms with Gasteiger partial charge in [-0.3, -0.25) is 14.9 Å². The van der Waals surface area contributed by atoms with E-state index in [2.05, 4.69) is 10.0 Å². The number of non-ortho nitro benzene ring substituents is 1. The Hall–Kier alpha value is -2.85. The average molecular weight is 395 g/mol. The van der Waals surface area contributed by atoms with E-state index in [0.717, 1.165) is 30.7 Å². The third-order valence-corrected chi connectivity index (χ3v) is 5.10. The molecule has 0 aromatic heterocycles. The van der Waals surface area contributed by atoms with Crippen LogP contribution in [0.15, 0.2) is 47.4 Å². The van der Waals surface area contributed by atoms with E-state index in [0.29, 0.717) is 6.42 Å². The summed E-state index contributed by atoms with van der Waals surface area (Å²) in [6, 6.07) is 7.95. The number of halogens is 1. The van der Waals surface area contributed by atoms with E-state index in [-0.39, 0.29) is 28.4 Å². The molecule has 0 spiro atoms. The summed E-state index contributed by atoms with van der Waals surface area (Å²) in [7, 11) is -3.78. The van der Waals surface area contributed by atoms with Crippen LogP contribution in [0.2, 0.25) is 0 Å². The van der Waals surface area contributed by atoms with Crippen molar-refractivity contribution in [3.8, 4) is 0 Å². The number of carbonyl (C=O) groups is 1. The van der Waals surface area contributed by atoms with Crippen LogP contribution >= 0.6 is 0 Å². The summed E-state index contributed by atoms with van der Waals surface area (Å²) < 4.78 is 40.7. The van der Waals surface area contributed by atoms with Gasteiger partial charge in [0.1, 0.15) is 5.82 Å². The summed E-state index contributed by atoms with van der Waals surface area (Å²) in [6.07, 6.45) is 1.49. The predicted molar refractivity (Wildman–Crippen MR) is 97.5 cm³/mol. The number of rotatable bonds is 8. The topological polar surface area (TPSA) is 118 Å². The molecule has 0 unspecified atom stereocenters. The first-order valence-corrected chi connectivity index (χ1v) is 9.58. The molecule has 0 saturated heterocycles. The molecule has 0 saturated carbocycles. The molecule has 0 heterocycles. The van der Waals surface area contributed by atoms with Crippen LogP contribution in [0, 0.1) is 15.9 Å². The van der Waals surface area contributed by atoms with Crippen LogP contribution in [0.4, 0.5) is 15.8 Å². The number of nitro groups is 1. The maximum Gasteiger partial charge on any atom is 0.271 e. The standard InChI is InChI=1S/C17H18FN3O5S/c1-2-3-9-19-27(25,26)14-6-4-5-12(10-14)17(22)20-16-11-13(21(23)24)7-8-15(16)18/h4-8,10-11,19H,2-3,9H2,1H3,(H,20,22). The lowest BCUT2D eigenvalue weighted by Gasteiger charge is -2.09. The fourth-order valence-corrected chi connectivity index (χ4v) is 3.31. The predicted octanol–water partition coefficient (Wildman–Crippen LogP) is 3.06. The Morgan fingerprint density at radius 3 is 2.63 bits per heavy atom. The molecule has 2 aromatic carbocycles. The Morgan fingerprint density at radius 1 is 1.22 bits per heavy atom. The summed E-state index contributed by atoms with van der Waals surface area (Å²) in [5.74, 6) is -1.64. The highest BCUT2D eigenvalue weighted by molar-refractivity contribution is 7.89. The van der Waals surface area contributed by atoms with Crippen LogP contribution in [0.25, 0.3) is 0 Å². The maximum absolute atomic E-state index is 13.8. The van der Waals surface area contributed by atoms with Gasteiger partial charge in [0.05, 0.1) is 15.5 Å². The van der Waals surface area contributed by atoms with Gasteiger partial charge in [0, 0.05) is 24.2 Å². The second-order valence-electron chi connectivity index (χ2n) is 5.65. The molecule has 10 heteroatoms. The van der Waals surface area contributed by atoms with E-state index in [1.807, 2.05) is 6.92 Å². The van der Waals surface area contributed by atoms with Crippen molar-refractivity contribution in [2.24, 2.45) is 0 Å². The number of nitrogens with zero attached hydrogens (tertiary/aromatic N) is 1. The summed E-state index contributed by atoms with van der Waals surface area (Å²) in [5, 5.41) is 13.0. The van der Waals surface area contributed by atoms with Crippen LogP contribution in [-0.2, 0) is 10.0 Å². The third-order valence-electron chi connectivity index (χ3n) is 3.64. The molecule has 0 aliphatic rings. The molecule has 0 aliphatic carbocycles. The van der Waals surface area contributed by atoms with Crippen molar-refractivity contribution in [1.82, 2.24) is 4.72 Å². The molecule has 27 heavy (non-hydrogen) atoms. The smallest absolute Gasteiger partial charge is 0.271 e. The quantitative estimate of drug-likeness (QED) is 0.404. The van der Waals surface area contributed by atoms with Crippen molar-refractivity contribution in [2.75, 3.05) is 11.9 Å². The van der Waals surface area contributed by atoms with E-state index in [1.165, 1.54) is 18.2 Å². The zero-order valence-electron chi connectivity index (χ0n) is 14.4. The minimum atomic E-state index is -3.78. The first kappa shape index (κ1) is 20.5. The van der Waals surface area contributed by atoms with Crippen molar-refractivity contribution in [3.63, 3.8) is 0 Å². The lowest BCUT2D eigenvalue weighted by molar-refractivity contribution is -0.384. The lowest BCUT2D eigenvalue weighted by Crippen LogP contribution is -2.25. The Kier molecular flexibility index (Phi) is 6.59. The first-order chi connectivity index (χ1) is 12.7. The third kappa shape index (κ3) is 5.31. The van der Waals surface area contributed by atoms with Gasteiger partial charge in [0.15, 0.2) is 0 Å². The molecule has 2 rings (SSSR count). The molecule has 0 bridgehead atoms. The molecule has 8 nitrogen and oxygen atoms in total. The average Bonchev–Trinajstić information content (AvgIpc) is 2.63. The number of hydrogen-bond donors (Lipinski definition) is 2. The number of nitro benzene ring substituents is 1. The fourth-order valence-electron chi connectivity index (χ4n) is 2.19. The molecule has 0 fully saturated rings. The zero-order valence-corrected chi connectivity index (χ0v) is 15.3. The van der Waals surface area contributed by atoms with Crippen molar-refractivity contribution in [1.29, 1.82) is 0 Å². The SMILES string of the molecule is CCCCNS(=O)(=O)c1cccc(C(=O)Nc2cc([N+](=O)[O-])ccc2F)c1. The van der Waals surface area contributed by atoms with Crippen molar-refractivity contribution in [3.05, 3.63) is 64.0 Å². The Bertz CT molecular complexity index is 963. The Morgan fingerprint density at radius 2 is 1.96 bits per heavy atom. The molecule has 0 radical (unpaired) electrons. The van der Waals surface area contributed by atoms with Crippen molar-refractivity contribution >= 4 is 27.3 Å². The highest BCUT2D eigenvalue weighted by Gasteiger charge is 2.18. The van der Waals surface area contributed by atoms with Crippen LogP contribution in [-0.4, -0.2) is 25.8 Å². The minimum Gasteiger partial charge on any atom is -0.319 e.